The van der Waals surface area contributed by atoms with Crippen LogP contribution in [-0.2, 0) is 10.2 Å². The van der Waals surface area contributed by atoms with Crippen molar-refractivity contribution in [2.24, 2.45) is 0 Å². The Morgan fingerprint density at radius 3 is 2.48 bits per heavy atom. The number of methoxy groups -OCH3 is 1. The third-order valence-corrected chi connectivity index (χ3v) is 4.26. The molecular formula is C16H17NO4. The number of ketones is 1. The normalized spacial score (nSPS) is 19.7. The monoisotopic (exact) mass is 287 g/mol. The second kappa shape index (κ2) is 5.28. The Morgan fingerprint density at radius 1 is 1.19 bits per heavy atom. The summed E-state index contributed by atoms with van der Waals surface area (Å²) in [5.41, 5.74) is 0.137. The van der Waals surface area contributed by atoms with Crippen LogP contribution in [0.15, 0.2) is 12.1 Å². The predicted octanol–water partition coefficient (Wildman–Crippen LogP) is 2.37. The standard InChI is InChI=1S/C16H17NO4/c1-19-13-3-2-12(14-15(13)21-9-8-20-14)16(10-17)6-4-11(18)5-7-16/h2-3H,4-9H2,1H3. The summed E-state index contributed by atoms with van der Waals surface area (Å²) >= 11 is 0. The lowest BCUT2D eigenvalue weighted by molar-refractivity contribution is -0.121. The highest BCUT2D eigenvalue weighted by Crippen LogP contribution is 2.49. The molecule has 5 heteroatoms. The first-order valence-electron chi connectivity index (χ1n) is 7.10. The zero-order valence-electron chi connectivity index (χ0n) is 12.0. The van der Waals surface area contributed by atoms with E-state index >= 15 is 0 Å². The molecule has 0 unspecified atom stereocenters. The average molecular weight is 287 g/mol. The van der Waals surface area contributed by atoms with Crippen LogP contribution >= 0.6 is 0 Å². The van der Waals surface area contributed by atoms with Crippen molar-refractivity contribution in [1.29, 1.82) is 5.26 Å². The molecule has 0 N–H and O–H groups in total. The number of ether oxygens (including phenoxy) is 3. The van der Waals surface area contributed by atoms with Crippen LogP contribution in [0.4, 0.5) is 0 Å². The number of carbonyl (C=O) groups is 1. The van der Waals surface area contributed by atoms with Gasteiger partial charge in [-0.15, -0.1) is 0 Å². The van der Waals surface area contributed by atoms with Crippen LogP contribution in [0.25, 0.3) is 0 Å². The van der Waals surface area contributed by atoms with E-state index in [-0.39, 0.29) is 5.78 Å². The van der Waals surface area contributed by atoms with Crippen molar-refractivity contribution in [2.75, 3.05) is 20.3 Å². The topological polar surface area (TPSA) is 68.5 Å². The fourth-order valence-electron chi connectivity index (χ4n) is 3.05. The Labute approximate surface area is 123 Å². The first kappa shape index (κ1) is 13.7. The van der Waals surface area contributed by atoms with Crippen LogP contribution in [0.3, 0.4) is 0 Å². The first-order valence-corrected chi connectivity index (χ1v) is 7.10. The summed E-state index contributed by atoms with van der Waals surface area (Å²) < 4.78 is 16.7. The van der Waals surface area contributed by atoms with E-state index in [9.17, 15) is 10.1 Å². The number of nitriles is 1. The SMILES string of the molecule is COc1ccc(C2(C#N)CCC(=O)CC2)c2c1OCCO2. The summed E-state index contributed by atoms with van der Waals surface area (Å²) in [5.74, 6) is 1.98. The highest BCUT2D eigenvalue weighted by atomic mass is 16.6. The van der Waals surface area contributed by atoms with Gasteiger partial charge in [-0.3, -0.25) is 4.79 Å². The molecule has 1 fully saturated rings. The molecule has 1 aromatic carbocycles. The lowest BCUT2D eigenvalue weighted by Gasteiger charge is -2.33. The van der Waals surface area contributed by atoms with Crippen molar-refractivity contribution in [2.45, 2.75) is 31.1 Å². The number of benzene rings is 1. The molecule has 3 rings (SSSR count). The maximum absolute atomic E-state index is 11.5. The number of fused-ring (bicyclic) bond motifs is 1. The van der Waals surface area contributed by atoms with Crippen molar-refractivity contribution in [3.05, 3.63) is 17.7 Å². The van der Waals surface area contributed by atoms with Gasteiger partial charge in [0.2, 0.25) is 5.75 Å². The molecule has 1 aliphatic carbocycles. The highest BCUT2D eigenvalue weighted by molar-refractivity contribution is 5.80. The molecule has 0 aromatic heterocycles. The van der Waals surface area contributed by atoms with Gasteiger partial charge in [-0.05, 0) is 25.0 Å². The van der Waals surface area contributed by atoms with E-state index in [0.717, 1.165) is 5.56 Å². The fraction of sp³-hybridized carbons (Fsp3) is 0.500. The molecule has 1 saturated carbocycles. The molecule has 0 atom stereocenters. The van der Waals surface area contributed by atoms with Gasteiger partial charge in [-0.1, -0.05) is 0 Å². The minimum atomic E-state index is -0.676. The van der Waals surface area contributed by atoms with E-state index in [1.54, 1.807) is 13.2 Å². The summed E-state index contributed by atoms with van der Waals surface area (Å²) in [6.07, 6.45) is 1.94. The van der Waals surface area contributed by atoms with Crippen LogP contribution in [0, 0.1) is 11.3 Å². The Hall–Kier alpha value is -2.22. The smallest absolute Gasteiger partial charge is 0.204 e. The molecule has 1 aromatic rings. The van der Waals surface area contributed by atoms with E-state index in [0.29, 0.717) is 56.1 Å². The van der Waals surface area contributed by atoms with Crippen molar-refractivity contribution >= 4 is 5.78 Å². The van der Waals surface area contributed by atoms with Gasteiger partial charge in [0.1, 0.15) is 19.0 Å². The predicted molar refractivity (Wildman–Crippen MR) is 74.8 cm³/mol. The van der Waals surface area contributed by atoms with Crippen molar-refractivity contribution in [1.82, 2.24) is 0 Å². The van der Waals surface area contributed by atoms with Crippen molar-refractivity contribution in [3.8, 4) is 23.3 Å². The van der Waals surface area contributed by atoms with Crippen LogP contribution in [0.1, 0.15) is 31.2 Å². The van der Waals surface area contributed by atoms with Gasteiger partial charge in [-0.2, -0.15) is 5.26 Å². The Bertz CT molecular complexity index is 607. The van der Waals surface area contributed by atoms with E-state index < -0.39 is 5.41 Å². The second-order valence-electron chi connectivity index (χ2n) is 5.40. The Kier molecular flexibility index (Phi) is 3.46. The van der Waals surface area contributed by atoms with E-state index in [2.05, 4.69) is 6.07 Å². The average Bonchev–Trinajstić information content (AvgIpc) is 2.55. The number of rotatable bonds is 2. The van der Waals surface area contributed by atoms with E-state index in [1.807, 2.05) is 6.07 Å². The molecule has 21 heavy (non-hydrogen) atoms. The fourth-order valence-corrected chi connectivity index (χ4v) is 3.05. The zero-order valence-corrected chi connectivity index (χ0v) is 12.0. The quantitative estimate of drug-likeness (QED) is 0.835. The molecular weight excluding hydrogens is 270 g/mol. The Morgan fingerprint density at radius 2 is 1.86 bits per heavy atom. The molecule has 0 radical (unpaired) electrons. The van der Waals surface area contributed by atoms with Gasteiger partial charge >= 0.3 is 0 Å². The first-order chi connectivity index (χ1) is 10.2. The molecule has 2 aliphatic rings. The zero-order chi connectivity index (χ0) is 14.9. The van der Waals surface area contributed by atoms with Gasteiger partial charge in [-0.25, -0.2) is 0 Å². The summed E-state index contributed by atoms with van der Waals surface area (Å²) in [5, 5.41) is 9.72. The molecule has 0 bridgehead atoms. The van der Waals surface area contributed by atoms with Crippen molar-refractivity contribution < 1.29 is 19.0 Å². The summed E-state index contributed by atoms with van der Waals surface area (Å²) in [4.78, 5) is 11.5. The van der Waals surface area contributed by atoms with E-state index in [4.69, 9.17) is 14.2 Å². The molecule has 0 saturated heterocycles. The number of nitrogens with zero attached hydrogens (tertiary/aromatic N) is 1. The van der Waals surface area contributed by atoms with E-state index in [1.165, 1.54) is 0 Å². The maximum Gasteiger partial charge on any atom is 0.204 e. The number of hydrogen-bond donors (Lipinski definition) is 0. The van der Waals surface area contributed by atoms with Gasteiger partial charge in [0, 0.05) is 18.4 Å². The summed E-state index contributed by atoms with van der Waals surface area (Å²) in [6.45, 7) is 0.915. The lowest BCUT2D eigenvalue weighted by atomic mass is 9.69. The van der Waals surface area contributed by atoms with Crippen LogP contribution in [-0.4, -0.2) is 26.1 Å². The maximum atomic E-state index is 11.5. The minimum absolute atomic E-state index is 0.223. The van der Waals surface area contributed by atoms with Crippen LogP contribution in [0.2, 0.25) is 0 Å². The van der Waals surface area contributed by atoms with Crippen molar-refractivity contribution in [3.63, 3.8) is 0 Å². The molecule has 110 valence electrons. The molecule has 1 heterocycles. The summed E-state index contributed by atoms with van der Waals surface area (Å²) in [7, 11) is 1.58. The Balaban J connectivity index is 2.09. The molecule has 5 nitrogen and oxygen atoms in total. The number of hydrogen-bond acceptors (Lipinski definition) is 5. The van der Waals surface area contributed by atoms with Gasteiger partial charge in [0.05, 0.1) is 18.6 Å². The molecule has 1 aliphatic heterocycles. The van der Waals surface area contributed by atoms with Crippen LogP contribution in [0.5, 0.6) is 17.2 Å². The van der Waals surface area contributed by atoms with Crippen LogP contribution < -0.4 is 14.2 Å². The summed E-state index contributed by atoms with van der Waals surface area (Å²) in [6, 6.07) is 6.08. The minimum Gasteiger partial charge on any atom is -0.493 e. The van der Waals surface area contributed by atoms with Gasteiger partial charge in [0.25, 0.3) is 0 Å². The molecule has 0 spiro atoms. The molecule has 0 amide bonds. The number of carbonyl (C=O) groups excluding carboxylic acids is 1. The third-order valence-electron chi connectivity index (χ3n) is 4.26. The lowest BCUT2D eigenvalue weighted by Crippen LogP contribution is -2.32. The second-order valence-corrected chi connectivity index (χ2v) is 5.40. The third kappa shape index (κ3) is 2.21. The number of Topliss-reactive ketones (excluding diaryl/α,β-unsaturated/α-hetero) is 1. The van der Waals surface area contributed by atoms with Gasteiger partial charge in [0.15, 0.2) is 11.5 Å². The van der Waals surface area contributed by atoms with Gasteiger partial charge < -0.3 is 14.2 Å². The highest BCUT2D eigenvalue weighted by Gasteiger charge is 2.40. The largest absolute Gasteiger partial charge is 0.493 e.